The third-order valence-electron chi connectivity index (χ3n) is 6.59. The van der Waals surface area contributed by atoms with Gasteiger partial charge in [-0.25, -0.2) is 4.79 Å². The van der Waals surface area contributed by atoms with Gasteiger partial charge in [0.15, 0.2) is 0 Å². The number of nitrogens with zero attached hydrogens (tertiary/aromatic N) is 3. The molecule has 0 aliphatic carbocycles. The zero-order chi connectivity index (χ0) is 24.0. The Balaban J connectivity index is 1.40. The van der Waals surface area contributed by atoms with Gasteiger partial charge in [0.1, 0.15) is 23.5 Å². The number of hydrogen-bond acceptors (Lipinski definition) is 6. The van der Waals surface area contributed by atoms with Crippen molar-refractivity contribution in [3.8, 4) is 0 Å². The molecule has 0 radical (unpaired) electrons. The molecule has 1 saturated heterocycles. The minimum Gasteiger partial charge on any atom is -0.467 e. The van der Waals surface area contributed by atoms with Crippen molar-refractivity contribution in [1.29, 1.82) is 5.41 Å². The number of ether oxygens (including phenoxy) is 1. The lowest BCUT2D eigenvalue weighted by Gasteiger charge is -2.44. The highest BCUT2D eigenvalue weighted by molar-refractivity contribution is 6.04. The third-order valence-corrected chi connectivity index (χ3v) is 6.59. The summed E-state index contributed by atoms with van der Waals surface area (Å²) in [7, 11) is 0. The van der Waals surface area contributed by atoms with Crippen LogP contribution in [0.5, 0.6) is 0 Å². The van der Waals surface area contributed by atoms with Gasteiger partial charge in [0, 0.05) is 47.8 Å². The summed E-state index contributed by atoms with van der Waals surface area (Å²) in [5, 5.41) is 11.8. The van der Waals surface area contributed by atoms with Gasteiger partial charge in [0.2, 0.25) is 0 Å². The Morgan fingerprint density at radius 3 is 2.88 bits per heavy atom. The predicted octanol–water partition coefficient (Wildman–Crippen LogP) is 5.05. The fourth-order valence-corrected chi connectivity index (χ4v) is 4.88. The van der Waals surface area contributed by atoms with E-state index in [9.17, 15) is 4.79 Å². The highest BCUT2D eigenvalue weighted by atomic mass is 16.6. The molecule has 2 aliphatic rings. The largest absolute Gasteiger partial charge is 0.467 e. The normalized spacial score (nSPS) is 17.7. The number of hydrogen-bond donors (Lipinski definition) is 2. The predicted molar refractivity (Wildman–Crippen MR) is 131 cm³/mol. The van der Waals surface area contributed by atoms with Crippen molar-refractivity contribution >= 4 is 28.4 Å². The van der Waals surface area contributed by atoms with Gasteiger partial charge in [-0.05, 0) is 64.7 Å². The van der Waals surface area contributed by atoms with Crippen molar-refractivity contribution in [2.24, 2.45) is 0 Å². The monoisotopic (exact) mass is 461 g/mol. The molecule has 0 aromatic carbocycles. The third kappa shape index (κ3) is 4.20. The number of furan rings is 1. The van der Waals surface area contributed by atoms with Crippen molar-refractivity contribution in [2.75, 3.05) is 6.54 Å². The van der Waals surface area contributed by atoms with Gasteiger partial charge in [-0.15, -0.1) is 0 Å². The van der Waals surface area contributed by atoms with Crippen LogP contribution in [0.3, 0.4) is 0 Å². The standard InChI is InChI=1S/C26H31N5O3/c1-16-23(17-5-6-19-8-10-30(19)13-17)21-12-28-9-7-22(21)31(16)14-20-11-18(15-33-20)24(27)29-25(32)34-26(2,3)4/h7,9,11-13,15,19H,5-6,8,10,14H2,1-4H3,(H2,27,29,32). The van der Waals surface area contributed by atoms with Crippen molar-refractivity contribution in [3.05, 3.63) is 59.6 Å². The number of amides is 1. The molecule has 0 spiro atoms. The van der Waals surface area contributed by atoms with Crippen LogP contribution < -0.4 is 5.32 Å². The minimum absolute atomic E-state index is 0.0558. The number of aromatic nitrogens is 2. The molecule has 3 aromatic heterocycles. The molecule has 2 N–H and O–H groups in total. The smallest absolute Gasteiger partial charge is 0.413 e. The van der Waals surface area contributed by atoms with E-state index in [1.807, 2.05) is 18.5 Å². The zero-order valence-corrected chi connectivity index (χ0v) is 20.1. The van der Waals surface area contributed by atoms with Crippen molar-refractivity contribution in [3.63, 3.8) is 0 Å². The second kappa shape index (κ2) is 8.34. The molecule has 1 fully saturated rings. The number of rotatable bonds is 4. The van der Waals surface area contributed by atoms with Gasteiger partial charge in [0.25, 0.3) is 0 Å². The molecule has 3 aromatic rings. The van der Waals surface area contributed by atoms with Crippen molar-refractivity contribution in [1.82, 2.24) is 19.8 Å². The first-order chi connectivity index (χ1) is 16.2. The molecular formula is C26H31N5O3. The summed E-state index contributed by atoms with van der Waals surface area (Å²) in [5.74, 6) is 0.647. The van der Waals surface area contributed by atoms with Crippen LogP contribution in [0.2, 0.25) is 0 Å². The van der Waals surface area contributed by atoms with Crippen LogP contribution in [0.4, 0.5) is 4.79 Å². The Morgan fingerprint density at radius 2 is 2.18 bits per heavy atom. The van der Waals surface area contributed by atoms with Gasteiger partial charge < -0.3 is 18.6 Å². The Labute approximate surface area is 199 Å². The maximum absolute atomic E-state index is 12.0. The van der Waals surface area contributed by atoms with Gasteiger partial charge in [0.05, 0.1) is 17.6 Å². The van der Waals surface area contributed by atoms with E-state index in [0.29, 0.717) is 23.9 Å². The fourth-order valence-electron chi connectivity index (χ4n) is 4.88. The van der Waals surface area contributed by atoms with E-state index >= 15 is 0 Å². The summed E-state index contributed by atoms with van der Waals surface area (Å²) >= 11 is 0. The zero-order valence-electron chi connectivity index (χ0n) is 20.1. The van der Waals surface area contributed by atoms with E-state index in [1.54, 1.807) is 26.8 Å². The summed E-state index contributed by atoms with van der Waals surface area (Å²) in [4.78, 5) is 18.9. The number of alkyl carbamates (subject to hydrolysis) is 1. The summed E-state index contributed by atoms with van der Waals surface area (Å²) < 4.78 is 13.3. The fraction of sp³-hybridized carbons (Fsp3) is 0.423. The Morgan fingerprint density at radius 1 is 1.35 bits per heavy atom. The second-order valence-electron chi connectivity index (χ2n) is 10.1. The van der Waals surface area contributed by atoms with E-state index in [0.717, 1.165) is 23.9 Å². The molecule has 8 heteroatoms. The summed E-state index contributed by atoms with van der Waals surface area (Å²) in [5.41, 5.74) is 4.78. The first-order valence-corrected chi connectivity index (χ1v) is 11.8. The summed E-state index contributed by atoms with van der Waals surface area (Å²) in [6.45, 7) is 9.16. The molecule has 2 aliphatic heterocycles. The molecule has 178 valence electrons. The Hall–Kier alpha value is -3.55. The molecule has 0 saturated carbocycles. The average Bonchev–Trinajstić information content (AvgIpc) is 3.32. The number of amidine groups is 1. The molecule has 5 rings (SSSR count). The van der Waals surface area contributed by atoms with Crippen LogP contribution in [-0.4, -0.2) is 44.6 Å². The van der Waals surface area contributed by atoms with Gasteiger partial charge in [-0.1, -0.05) is 0 Å². The Bertz CT molecular complexity index is 1290. The van der Waals surface area contributed by atoms with E-state index < -0.39 is 11.7 Å². The number of fused-ring (bicyclic) bond motifs is 2. The van der Waals surface area contributed by atoms with Gasteiger partial charge in [-0.3, -0.25) is 15.7 Å². The molecule has 1 unspecified atom stereocenters. The SMILES string of the molecule is Cc1c(C2=CN3CCC3CC2)c2cnccc2n1Cc1cc(C(=N)NC(=O)OC(C)(C)C)co1. The van der Waals surface area contributed by atoms with Crippen LogP contribution in [0.15, 0.2) is 41.4 Å². The number of allylic oxidation sites excluding steroid dienone is 1. The average molecular weight is 462 g/mol. The van der Waals surface area contributed by atoms with E-state index in [1.165, 1.54) is 35.9 Å². The number of pyridine rings is 1. The molecule has 8 nitrogen and oxygen atoms in total. The van der Waals surface area contributed by atoms with Crippen LogP contribution >= 0.6 is 0 Å². The topological polar surface area (TPSA) is 96.4 Å². The van der Waals surface area contributed by atoms with Crippen molar-refractivity contribution in [2.45, 2.75) is 65.1 Å². The first kappa shape index (κ1) is 22.3. The summed E-state index contributed by atoms with van der Waals surface area (Å²) in [6, 6.07) is 4.54. The lowest BCUT2D eigenvalue weighted by Crippen LogP contribution is -2.45. The molecule has 1 amide bonds. The second-order valence-corrected chi connectivity index (χ2v) is 10.1. The lowest BCUT2D eigenvalue weighted by molar-refractivity contribution is 0.0563. The molecule has 34 heavy (non-hydrogen) atoms. The minimum atomic E-state index is -0.658. The van der Waals surface area contributed by atoms with Crippen LogP contribution in [0.25, 0.3) is 16.5 Å². The number of nitrogens with one attached hydrogen (secondary N) is 2. The van der Waals surface area contributed by atoms with E-state index in [-0.39, 0.29) is 5.84 Å². The van der Waals surface area contributed by atoms with E-state index in [2.05, 4.69) is 32.9 Å². The van der Waals surface area contributed by atoms with Gasteiger partial charge >= 0.3 is 6.09 Å². The maximum Gasteiger partial charge on any atom is 0.413 e. The molecule has 1 atom stereocenters. The molecular weight excluding hydrogens is 430 g/mol. The highest BCUT2D eigenvalue weighted by Crippen LogP contribution is 2.39. The maximum atomic E-state index is 12.0. The lowest BCUT2D eigenvalue weighted by atomic mass is 9.88. The quantitative estimate of drug-likeness (QED) is 0.419. The highest BCUT2D eigenvalue weighted by Gasteiger charge is 2.31. The van der Waals surface area contributed by atoms with Crippen LogP contribution in [0, 0.1) is 12.3 Å². The number of carbonyl (C=O) groups excluding carboxylic acids is 1. The summed E-state index contributed by atoms with van der Waals surface area (Å²) in [6.07, 6.45) is 10.5. The Kier molecular flexibility index (Phi) is 5.46. The number of carbonyl (C=O) groups is 1. The van der Waals surface area contributed by atoms with Crippen LogP contribution in [-0.2, 0) is 11.3 Å². The van der Waals surface area contributed by atoms with Gasteiger partial charge in [-0.2, -0.15) is 0 Å². The molecule has 0 bridgehead atoms. The molecule has 5 heterocycles. The van der Waals surface area contributed by atoms with E-state index in [4.69, 9.17) is 14.6 Å². The van der Waals surface area contributed by atoms with Crippen LogP contribution in [0.1, 0.15) is 62.6 Å². The van der Waals surface area contributed by atoms with Crippen molar-refractivity contribution < 1.29 is 13.9 Å². The first-order valence-electron chi connectivity index (χ1n) is 11.8.